The predicted octanol–water partition coefficient (Wildman–Crippen LogP) is 6.26. The number of pyridine rings is 1. The van der Waals surface area contributed by atoms with Crippen LogP contribution in [0.4, 0.5) is 0 Å². The molecule has 210 valence electrons. The van der Waals surface area contributed by atoms with E-state index in [0.717, 1.165) is 47.4 Å². The molecule has 6 aromatic rings. The summed E-state index contributed by atoms with van der Waals surface area (Å²) in [5, 5.41) is 13.9. The van der Waals surface area contributed by atoms with Gasteiger partial charge in [-0.25, -0.2) is 0 Å². The molecule has 0 bridgehead atoms. The van der Waals surface area contributed by atoms with Gasteiger partial charge in [0.1, 0.15) is 5.82 Å². The first-order valence-corrected chi connectivity index (χ1v) is 14.5. The third kappa shape index (κ3) is 6.15. The second kappa shape index (κ2) is 12.6. The quantitative estimate of drug-likeness (QED) is 0.198. The second-order valence-electron chi connectivity index (χ2n) is 10.5. The minimum Gasteiger partial charge on any atom is -0.361 e. The van der Waals surface area contributed by atoms with E-state index in [4.69, 9.17) is 10.2 Å². The number of nitrogens with zero attached hydrogens (tertiary/aromatic N) is 4. The number of rotatable bonds is 11. The third-order valence-electron chi connectivity index (χ3n) is 7.77. The number of nitrogens with one attached hydrogen (secondary N) is 2. The Morgan fingerprint density at radius 2 is 1.57 bits per heavy atom. The Morgan fingerprint density at radius 3 is 2.36 bits per heavy atom. The lowest BCUT2D eigenvalue weighted by Gasteiger charge is -2.20. The van der Waals surface area contributed by atoms with Crippen molar-refractivity contribution in [3.05, 3.63) is 149 Å². The zero-order valence-corrected chi connectivity index (χ0v) is 23.7. The first-order valence-electron chi connectivity index (χ1n) is 14.5. The number of aromatic nitrogens is 5. The van der Waals surface area contributed by atoms with Crippen LogP contribution in [0.2, 0.25) is 0 Å². The van der Waals surface area contributed by atoms with E-state index < -0.39 is 6.04 Å². The molecule has 2 N–H and O–H groups in total. The summed E-state index contributed by atoms with van der Waals surface area (Å²) in [7, 11) is 0. The van der Waals surface area contributed by atoms with Crippen LogP contribution in [0.15, 0.2) is 110 Å². The van der Waals surface area contributed by atoms with Crippen LogP contribution in [0.1, 0.15) is 57.2 Å². The molecule has 7 nitrogen and oxygen atoms in total. The van der Waals surface area contributed by atoms with Crippen molar-refractivity contribution in [3.63, 3.8) is 0 Å². The Morgan fingerprint density at radius 1 is 0.833 bits per heavy atom. The van der Waals surface area contributed by atoms with Crippen LogP contribution in [-0.4, -0.2) is 30.6 Å². The number of hydrogen-bond donors (Lipinski definition) is 2. The molecule has 0 aliphatic heterocycles. The smallest absolute Gasteiger partial charge is 0.251 e. The van der Waals surface area contributed by atoms with Gasteiger partial charge in [0, 0.05) is 47.9 Å². The number of fused-ring (bicyclic) bond motifs is 1. The van der Waals surface area contributed by atoms with Gasteiger partial charge in [-0.2, -0.15) is 0 Å². The van der Waals surface area contributed by atoms with E-state index in [1.807, 2.05) is 24.4 Å². The number of amides is 1. The van der Waals surface area contributed by atoms with Crippen molar-refractivity contribution in [1.29, 1.82) is 0 Å². The average Bonchev–Trinajstić information content (AvgIpc) is 3.64. The lowest BCUT2D eigenvalue weighted by molar-refractivity contribution is 0.0934. The van der Waals surface area contributed by atoms with Gasteiger partial charge in [0.2, 0.25) is 0 Å². The highest BCUT2D eigenvalue weighted by Gasteiger charge is 2.25. The number of benzene rings is 3. The minimum atomic E-state index is -0.405. The average molecular weight is 555 g/mol. The maximum atomic E-state index is 13.5. The van der Waals surface area contributed by atoms with Crippen LogP contribution in [0.5, 0.6) is 0 Å². The molecule has 0 saturated carbocycles. The SMILES string of the molecule is CCc1ccc(Cn2c(CCc3ccccc3)nnc2[C@@H](Cc2c[nH]c3ccccc23)NC(=O)c2ccncc2)cc1. The topological polar surface area (TPSA) is 88.5 Å². The highest BCUT2D eigenvalue weighted by atomic mass is 16.1. The van der Waals surface area contributed by atoms with Crippen molar-refractivity contribution in [3.8, 4) is 0 Å². The summed E-state index contributed by atoms with van der Waals surface area (Å²) in [6.45, 7) is 2.78. The van der Waals surface area contributed by atoms with Gasteiger partial charge in [-0.3, -0.25) is 9.78 Å². The maximum absolute atomic E-state index is 13.5. The van der Waals surface area contributed by atoms with E-state index in [-0.39, 0.29) is 5.91 Å². The summed E-state index contributed by atoms with van der Waals surface area (Å²) >= 11 is 0. The molecule has 3 aromatic carbocycles. The first kappa shape index (κ1) is 27.1. The standard InChI is InChI=1S/C35H34N6O/c1-2-25-12-14-27(15-13-25)24-41-33(17-16-26-8-4-3-5-9-26)39-40-34(41)32(38-35(42)28-18-20-36-21-19-28)22-29-23-37-31-11-7-6-10-30(29)31/h3-15,18-21,23,32,37H,2,16-17,22,24H2,1H3,(H,38,42)/t32-/m1/s1. The molecule has 0 spiro atoms. The van der Waals surface area contributed by atoms with Crippen molar-refractivity contribution in [2.24, 2.45) is 0 Å². The molecule has 3 heterocycles. The van der Waals surface area contributed by atoms with Crippen molar-refractivity contribution in [2.45, 2.75) is 45.2 Å². The fourth-order valence-corrected chi connectivity index (χ4v) is 5.40. The van der Waals surface area contributed by atoms with Crippen LogP contribution >= 0.6 is 0 Å². The molecule has 0 radical (unpaired) electrons. The number of para-hydroxylation sites is 1. The van der Waals surface area contributed by atoms with Gasteiger partial charge in [0.15, 0.2) is 5.82 Å². The lowest BCUT2D eigenvalue weighted by Crippen LogP contribution is -2.32. The van der Waals surface area contributed by atoms with Crippen LogP contribution in [0.3, 0.4) is 0 Å². The molecular weight excluding hydrogens is 520 g/mol. The number of carbonyl (C=O) groups is 1. The highest BCUT2D eigenvalue weighted by molar-refractivity contribution is 5.94. The first-order chi connectivity index (χ1) is 20.7. The molecular formula is C35H34N6O. The van der Waals surface area contributed by atoms with Crippen molar-refractivity contribution in [1.82, 2.24) is 30.0 Å². The summed E-state index contributed by atoms with van der Waals surface area (Å²) in [6, 6.07) is 30.4. The monoisotopic (exact) mass is 554 g/mol. The molecule has 42 heavy (non-hydrogen) atoms. The Hall–Kier alpha value is -5.04. The summed E-state index contributed by atoms with van der Waals surface area (Å²) in [5.74, 6) is 1.47. The zero-order chi connectivity index (χ0) is 28.7. The van der Waals surface area contributed by atoms with Crippen LogP contribution in [0.25, 0.3) is 10.9 Å². The Labute approximate surface area is 245 Å². The van der Waals surface area contributed by atoms with Gasteiger partial charge in [-0.1, -0.05) is 79.7 Å². The summed E-state index contributed by atoms with van der Waals surface area (Å²) < 4.78 is 2.19. The summed E-state index contributed by atoms with van der Waals surface area (Å²) in [4.78, 5) is 20.9. The van der Waals surface area contributed by atoms with Gasteiger partial charge in [-0.05, 0) is 53.3 Å². The molecule has 0 unspecified atom stereocenters. The molecule has 3 aromatic heterocycles. The number of aromatic amines is 1. The largest absolute Gasteiger partial charge is 0.361 e. The normalized spacial score (nSPS) is 11.9. The Balaban J connectivity index is 1.38. The fourth-order valence-electron chi connectivity index (χ4n) is 5.40. The molecule has 0 aliphatic rings. The second-order valence-corrected chi connectivity index (χ2v) is 10.5. The van der Waals surface area contributed by atoms with Crippen LogP contribution in [0, 0.1) is 0 Å². The molecule has 7 heteroatoms. The number of hydrogen-bond acceptors (Lipinski definition) is 4. The van der Waals surface area contributed by atoms with Gasteiger partial charge in [0.05, 0.1) is 12.6 Å². The lowest BCUT2D eigenvalue weighted by atomic mass is 10.0. The van der Waals surface area contributed by atoms with Gasteiger partial charge >= 0.3 is 0 Å². The van der Waals surface area contributed by atoms with Gasteiger partial charge < -0.3 is 14.9 Å². The summed E-state index contributed by atoms with van der Waals surface area (Å²) in [5.41, 5.74) is 6.45. The molecule has 1 amide bonds. The van der Waals surface area contributed by atoms with Crippen molar-refractivity contribution >= 4 is 16.8 Å². The zero-order valence-electron chi connectivity index (χ0n) is 23.7. The molecule has 1 atom stereocenters. The van der Waals surface area contributed by atoms with Gasteiger partial charge in [0.25, 0.3) is 5.91 Å². The Bertz CT molecular complexity index is 1760. The van der Waals surface area contributed by atoms with E-state index in [2.05, 4.69) is 87.4 Å². The molecule has 0 fully saturated rings. The fraction of sp³-hybridized carbons (Fsp3) is 0.200. The van der Waals surface area contributed by atoms with E-state index >= 15 is 0 Å². The van der Waals surface area contributed by atoms with E-state index in [0.29, 0.717) is 18.5 Å². The highest BCUT2D eigenvalue weighted by Crippen LogP contribution is 2.26. The van der Waals surface area contributed by atoms with E-state index in [1.54, 1.807) is 24.5 Å². The number of H-pyrrole nitrogens is 1. The molecule has 0 aliphatic carbocycles. The van der Waals surface area contributed by atoms with Crippen LogP contribution in [-0.2, 0) is 32.2 Å². The van der Waals surface area contributed by atoms with Crippen molar-refractivity contribution < 1.29 is 4.79 Å². The predicted molar refractivity (Wildman–Crippen MR) is 165 cm³/mol. The molecule has 0 saturated heterocycles. The number of aryl methyl sites for hydroxylation is 3. The van der Waals surface area contributed by atoms with E-state index in [9.17, 15) is 4.79 Å². The third-order valence-corrected chi connectivity index (χ3v) is 7.77. The minimum absolute atomic E-state index is 0.171. The Kier molecular flexibility index (Phi) is 8.17. The maximum Gasteiger partial charge on any atom is 0.251 e. The number of carbonyl (C=O) groups excluding carboxylic acids is 1. The summed E-state index contributed by atoms with van der Waals surface area (Å²) in [6.07, 6.45) is 8.44. The van der Waals surface area contributed by atoms with Gasteiger partial charge in [-0.15, -0.1) is 10.2 Å². The molecule has 6 rings (SSSR count). The van der Waals surface area contributed by atoms with E-state index in [1.165, 1.54) is 16.7 Å². The van der Waals surface area contributed by atoms with Crippen LogP contribution < -0.4 is 5.32 Å². The van der Waals surface area contributed by atoms with Crippen molar-refractivity contribution in [2.75, 3.05) is 0 Å².